The lowest BCUT2D eigenvalue weighted by atomic mass is 9.70. The van der Waals surface area contributed by atoms with Gasteiger partial charge in [0.15, 0.2) is 0 Å². The number of rotatable bonds is 7. The maximum Gasteiger partial charge on any atom is 0.439 e. The Kier molecular flexibility index (Phi) is 9.16. The van der Waals surface area contributed by atoms with Crippen molar-refractivity contribution >= 4 is 0 Å². The highest BCUT2D eigenvalue weighted by Gasteiger charge is 2.59. The summed E-state index contributed by atoms with van der Waals surface area (Å²) in [5.74, 6) is 7.32. The van der Waals surface area contributed by atoms with Gasteiger partial charge < -0.3 is 14.2 Å². The van der Waals surface area contributed by atoms with Crippen molar-refractivity contribution in [3.05, 3.63) is 29.8 Å². The molecule has 0 N–H and O–H groups in total. The molecule has 9 heteroatoms. The van der Waals surface area contributed by atoms with Crippen LogP contribution < -0.4 is 4.74 Å². The summed E-state index contributed by atoms with van der Waals surface area (Å²) in [5, 5.41) is 0. The predicted octanol–water partition coefficient (Wildman–Crippen LogP) is 6.90. The third kappa shape index (κ3) is 7.54. The fourth-order valence-corrected chi connectivity index (χ4v) is 4.82. The van der Waals surface area contributed by atoms with Crippen LogP contribution in [0.3, 0.4) is 0 Å². The number of ether oxygens (including phenoxy) is 3. The normalized spacial score (nSPS) is 26.9. The molecule has 190 valence electrons. The summed E-state index contributed by atoms with van der Waals surface area (Å²) in [6, 6.07) is 4.86. The molecule has 0 amide bonds. The number of hydrogen-bond acceptors (Lipinski definition) is 3. The smallest absolute Gasteiger partial charge is 0.430 e. The van der Waals surface area contributed by atoms with Crippen molar-refractivity contribution in [3.63, 3.8) is 0 Å². The Bertz CT molecular complexity index is 814. The number of methoxy groups -OCH3 is 1. The minimum absolute atomic E-state index is 0.247. The highest BCUT2D eigenvalue weighted by atomic mass is 19.4. The van der Waals surface area contributed by atoms with E-state index < -0.39 is 24.2 Å². The molecule has 0 saturated heterocycles. The Hall–Kier alpha value is -1.92. The van der Waals surface area contributed by atoms with Gasteiger partial charge in [-0.05, 0) is 87.5 Å². The lowest BCUT2D eigenvalue weighted by molar-refractivity contribution is -0.304. The molecule has 1 unspecified atom stereocenters. The topological polar surface area (TPSA) is 27.7 Å². The van der Waals surface area contributed by atoms with Crippen molar-refractivity contribution < 1.29 is 40.6 Å². The van der Waals surface area contributed by atoms with Crippen LogP contribution in [0, 0.1) is 29.6 Å². The number of alkyl halides is 6. The summed E-state index contributed by atoms with van der Waals surface area (Å²) in [7, 11) is 1.63. The minimum atomic E-state index is -5.72. The molecule has 2 aliphatic carbocycles. The molecule has 2 fully saturated rings. The largest absolute Gasteiger partial charge is 0.439 e. The molecule has 0 radical (unpaired) electrons. The van der Waals surface area contributed by atoms with E-state index in [0.29, 0.717) is 24.4 Å². The monoisotopic (exact) mass is 492 g/mol. The second kappa shape index (κ2) is 11.7. The van der Waals surface area contributed by atoms with E-state index in [4.69, 9.17) is 9.47 Å². The van der Waals surface area contributed by atoms with Crippen molar-refractivity contribution in [1.82, 2.24) is 0 Å². The molecule has 0 spiro atoms. The number of benzene rings is 1. The van der Waals surface area contributed by atoms with Gasteiger partial charge >= 0.3 is 12.3 Å². The second-order valence-electron chi connectivity index (χ2n) is 9.08. The van der Waals surface area contributed by atoms with Crippen molar-refractivity contribution in [2.45, 2.75) is 75.9 Å². The summed E-state index contributed by atoms with van der Waals surface area (Å²) >= 11 is 0. The molecule has 2 saturated carbocycles. The zero-order valence-corrected chi connectivity index (χ0v) is 19.1. The molecule has 1 aromatic rings. The first-order chi connectivity index (χ1) is 16.1. The molecule has 34 heavy (non-hydrogen) atoms. The first-order valence-electron chi connectivity index (χ1n) is 11.6. The molecule has 0 aliphatic heterocycles. The van der Waals surface area contributed by atoms with Crippen molar-refractivity contribution in [1.29, 1.82) is 0 Å². The van der Waals surface area contributed by atoms with Gasteiger partial charge in [0.25, 0.3) is 6.17 Å². The van der Waals surface area contributed by atoms with Crippen molar-refractivity contribution in [3.8, 4) is 17.6 Å². The Morgan fingerprint density at radius 1 is 0.882 bits per heavy atom. The van der Waals surface area contributed by atoms with E-state index in [2.05, 4.69) is 16.6 Å². The Morgan fingerprint density at radius 3 is 1.97 bits per heavy atom. The van der Waals surface area contributed by atoms with Gasteiger partial charge in [-0.25, -0.2) is 4.39 Å². The van der Waals surface area contributed by atoms with Gasteiger partial charge in [0, 0.05) is 18.6 Å². The van der Waals surface area contributed by atoms with E-state index in [1.807, 2.05) is 0 Å². The maximum atomic E-state index is 13.4. The predicted molar refractivity (Wildman–Crippen MR) is 114 cm³/mol. The van der Waals surface area contributed by atoms with E-state index in [0.717, 1.165) is 56.6 Å². The molecule has 1 aromatic carbocycles. The van der Waals surface area contributed by atoms with E-state index in [1.165, 1.54) is 25.0 Å². The molecule has 0 bridgehead atoms. The molecule has 1 atom stereocenters. The van der Waals surface area contributed by atoms with E-state index in [-0.39, 0.29) is 5.92 Å². The van der Waals surface area contributed by atoms with Crippen molar-refractivity contribution in [2.24, 2.45) is 17.8 Å². The van der Waals surface area contributed by atoms with Crippen LogP contribution in [0.5, 0.6) is 5.75 Å². The summed E-state index contributed by atoms with van der Waals surface area (Å²) in [6.07, 6.45) is -6.10. The summed E-state index contributed by atoms with van der Waals surface area (Å²) in [5.41, 5.74) is 0.528. The highest BCUT2D eigenvalue weighted by Crippen LogP contribution is 2.40. The van der Waals surface area contributed by atoms with Crippen LogP contribution >= 0.6 is 0 Å². The third-order valence-corrected chi connectivity index (χ3v) is 6.69. The first-order valence-corrected chi connectivity index (χ1v) is 11.6. The quantitative estimate of drug-likeness (QED) is 0.236. The molecular weight excluding hydrogens is 462 g/mol. The summed E-state index contributed by atoms with van der Waals surface area (Å²) in [6.45, 7) is 0.345. The number of halogens is 6. The van der Waals surface area contributed by atoms with Gasteiger partial charge in [-0.15, -0.1) is 0 Å². The lowest BCUT2D eigenvalue weighted by Crippen LogP contribution is -2.45. The van der Waals surface area contributed by atoms with Gasteiger partial charge in [0.2, 0.25) is 0 Å². The van der Waals surface area contributed by atoms with Crippen LogP contribution in [0.15, 0.2) is 24.3 Å². The van der Waals surface area contributed by atoms with Crippen LogP contribution in [-0.4, -0.2) is 38.5 Å². The first kappa shape index (κ1) is 26.7. The average molecular weight is 493 g/mol. The average Bonchev–Trinajstić information content (AvgIpc) is 2.82. The van der Waals surface area contributed by atoms with E-state index >= 15 is 0 Å². The van der Waals surface area contributed by atoms with Crippen LogP contribution in [0.4, 0.5) is 26.3 Å². The Morgan fingerprint density at radius 2 is 1.44 bits per heavy atom. The van der Waals surface area contributed by atoms with Crippen molar-refractivity contribution in [2.75, 3.05) is 13.9 Å². The van der Waals surface area contributed by atoms with Crippen LogP contribution in [0.25, 0.3) is 0 Å². The SMILES string of the molecule is COCOC1CCC(C2CCC(C#Cc3ccc(OC(F)(F)C(F)C(F)(F)F)cc3)CC2)CC1. The standard InChI is InChI=1S/C25H30F6O3/c1-32-16-33-21-14-10-20(11-15-21)19-8-4-17(5-9-19)2-3-18-6-12-22(13-7-18)34-25(30,31)23(26)24(27,28)29/h6-7,12-13,17,19-21,23H,4-5,8-11,14-16H2,1H3. The Labute approximate surface area is 196 Å². The molecular formula is C25H30F6O3. The molecule has 3 nitrogen and oxygen atoms in total. The fraction of sp³-hybridized carbons (Fsp3) is 0.680. The van der Waals surface area contributed by atoms with Gasteiger partial charge in [0.1, 0.15) is 12.5 Å². The van der Waals surface area contributed by atoms with Crippen LogP contribution in [-0.2, 0) is 9.47 Å². The molecule has 0 aromatic heterocycles. The second-order valence-corrected chi connectivity index (χ2v) is 9.08. The van der Waals surface area contributed by atoms with Gasteiger partial charge in [0.05, 0.1) is 6.10 Å². The molecule has 2 aliphatic rings. The van der Waals surface area contributed by atoms with E-state index in [1.54, 1.807) is 7.11 Å². The fourth-order valence-electron chi connectivity index (χ4n) is 4.82. The maximum absolute atomic E-state index is 13.4. The van der Waals surface area contributed by atoms with Gasteiger partial charge in [-0.2, -0.15) is 22.0 Å². The lowest BCUT2D eigenvalue weighted by Gasteiger charge is -2.36. The van der Waals surface area contributed by atoms with Crippen LogP contribution in [0.2, 0.25) is 0 Å². The minimum Gasteiger partial charge on any atom is -0.430 e. The summed E-state index contributed by atoms with van der Waals surface area (Å²) in [4.78, 5) is 0. The zero-order chi connectivity index (χ0) is 24.8. The van der Waals surface area contributed by atoms with E-state index in [9.17, 15) is 26.3 Å². The molecule has 0 heterocycles. The highest BCUT2D eigenvalue weighted by molar-refractivity contribution is 5.38. The third-order valence-electron chi connectivity index (χ3n) is 6.69. The number of hydrogen-bond donors (Lipinski definition) is 0. The van der Waals surface area contributed by atoms with Gasteiger partial charge in [-0.1, -0.05) is 11.8 Å². The zero-order valence-electron chi connectivity index (χ0n) is 19.1. The Balaban J connectivity index is 1.45. The molecule has 3 rings (SSSR count). The summed E-state index contributed by atoms with van der Waals surface area (Å²) < 4.78 is 90.9. The van der Waals surface area contributed by atoms with Gasteiger partial charge in [-0.3, -0.25) is 0 Å². The van der Waals surface area contributed by atoms with Crippen LogP contribution in [0.1, 0.15) is 56.9 Å².